The number of aromatic nitrogens is 1. The van der Waals surface area contributed by atoms with Crippen molar-refractivity contribution in [3.63, 3.8) is 0 Å². The largest absolute Gasteiger partial charge is 0.348 e. The molecule has 0 saturated carbocycles. The minimum Gasteiger partial charge on any atom is -0.348 e. The summed E-state index contributed by atoms with van der Waals surface area (Å²) in [5.41, 5.74) is 0.370. The van der Waals surface area contributed by atoms with Crippen molar-refractivity contribution >= 4 is 34.0 Å². The number of halogens is 2. The van der Waals surface area contributed by atoms with E-state index in [1.807, 2.05) is 0 Å². The lowest BCUT2D eigenvalue weighted by molar-refractivity contribution is 0.0954. The van der Waals surface area contributed by atoms with Gasteiger partial charge < -0.3 is 10.2 Å². The van der Waals surface area contributed by atoms with Gasteiger partial charge in [-0.2, -0.15) is 0 Å². The predicted octanol–water partition coefficient (Wildman–Crippen LogP) is 4.57. The zero-order chi connectivity index (χ0) is 21.1. The lowest BCUT2D eigenvalue weighted by atomic mass is 9.95. The summed E-state index contributed by atoms with van der Waals surface area (Å²) in [6.45, 7) is 6.83. The van der Waals surface area contributed by atoms with Crippen LogP contribution in [0, 0.1) is 11.7 Å². The molecule has 0 bridgehead atoms. The highest BCUT2D eigenvalue weighted by atomic mass is 35.5. The number of hydrogen-bond acceptors (Lipinski definition) is 5. The molecule has 3 heterocycles. The van der Waals surface area contributed by atoms with Crippen molar-refractivity contribution in [2.75, 3.05) is 31.1 Å². The Kier molecular flexibility index (Phi) is 6.91. The van der Waals surface area contributed by atoms with Gasteiger partial charge in [0.1, 0.15) is 10.7 Å². The molecule has 0 unspecified atom stereocenters. The van der Waals surface area contributed by atoms with E-state index in [4.69, 9.17) is 11.6 Å². The number of amides is 1. The number of rotatable bonds is 5. The van der Waals surface area contributed by atoms with Crippen LogP contribution in [0.5, 0.6) is 0 Å². The van der Waals surface area contributed by atoms with E-state index in [9.17, 15) is 9.18 Å². The number of piperidine rings is 2. The minimum atomic E-state index is -0.379. The van der Waals surface area contributed by atoms with Crippen molar-refractivity contribution in [2.45, 2.75) is 45.2 Å². The highest BCUT2D eigenvalue weighted by Gasteiger charge is 2.28. The molecule has 162 valence electrons. The topological polar surface area (TPSA) is 48.5 Å². The molecule has 2 saturated heterocycles. The molecule has 1 N–H and O–H groups in total. The van der Waals surface area contributed by atoms with Gasteiger partial charge >= 0.3 is 0 Å². The number of nitrogens with zero attached hydrogens (tertiary/aromatic N) is 3. The first kappa shape index (κ1) is 21.5. The highest BCUT2D eigenvalue weighted by Crippen LogP contribution is 2.29. The second-order valence-electron chi connectivity index (χ2n) is 8.39. The molecule has 5 nitrogen and oxygen atoms in total. The van der Waals surface area contributed by atoms with Crippen LogP contribution in [-0.2, 0) is 6.54 Å². The van der Waals surface area contributed by atoms with Crippen LogP contribution in [0.1, 0.15) is 47.8 Å². The monoisotopic (exact) mass is 450 g/mol. The first-order valence-corrected chi connectivity index (χ1v) is 11.9. The Balaban J connectivity index is 1.30. The van der Waals surface area contributed by atoms with Crippen molar-refractivity contribution < 1.29 is 9.18 Å². The van der Waals surface area contributed by atoms with E-state index < -0.39 is 0 Å². The van der Waals surface area contributed by atoms with Gasteiger partial charge in [0.25, 0.3) is 5.91 Å². The Morgan fingerprint density at radius 2 is 2.10 bits per heavy atom. The van der Waals surface area contributed by atoms with Crippen molar-refractivity contribution in [3.05, 3.63) is 45.7 Å². The molecule has 0 spiro atoms. The molecule has 4 rings (SSSR count). The fourth-order valence-corrected chi connectivity index (χ4v) is 5.52. The fraction of sp³-hybridized carbons (Fsp3) is 0.545. The summed E-state index contributed by atoms with van der Waals surface area (Å²) in [7, 11) is 0. The highest BCUT2D eigenvalue weighted by molar-refractivity contribution is 7.17. The molecule has 2 aromatic rings. The third-order valence-electron chi connectivity index (χ3n) is 6.10. The van der Waals surface area contributed by atoms with Crippen LogP contribution < -0.4 is 10.2 Å². The summed E-state index contributed by atoms with van der Waals surface area (Å²) in [5.74, 6) is 0.183. The average molecular weight is 451 g/mol. The van der Waals surface area contributed by atoms with Crippen LogP contribution in [0.25, 0.3) is 0 Å². The number of carbonyl (C=O) groups excluding carboxylic acids is 1. The lowest BCUT2D eigenvalue weighted by Gasteiger charge is -2.41. The summed E-state index contributed by atoms with van der Waals surface area (Å²) >= 11 is 7.31. The molecule has 2 fully saturated rings. The van der Waals surface area contributed by atoms with Crippen molar-refractivity contribution in [1.29, 1.82) is 0 Å². The SMILES string of the molecule is C[C@@H]1CCCN(C2CCN(c3ncc(C(=O)NCc4cc(Cl)ccc4F)s3)CC2)C1. The van der Waals surface area contributed by atoms with Crippen LogP contribution >= 0.6 is 22.9 Å². The van der Waals surface area contributed by atoms with E-state index in [1.165, 1.54) is 55.5 Å². The standard InChI is InChI=1S/C22H28ClFN4OS/c1-15-3-2-8-28(14-15)18-6-9-27(10-7-18)22-26-13-20(30-22)21(29)25-12-16-11-17(23)4-5-19(16)24/h4-5,11,13,15,18H,2-3,6-10,12,14H2,1H3,(H,25,29)/t15-/m1/s1. The molecule has 8 heteroatoms. The van der Waals surface area contributed by atoms with Gasteiger partial charge in [0, 0.05) is 42.8 Å². The zero-order valence-electron chi connectivity index (χ0n) is 17.2. The number of carbonyl (C=O) groups is 1. The van der Waals surface area contributed by atoms with Gasteiger partial charge in [-0.05, 0) is 56.3 Å². The van der Waals surface area contributed by atoms with Crippen LogP contribution in [0.15, 0.2) is 24.4 Å². The van der Waals surface area contributed by atoms with Gasteiger partial charge in [0.15, 0.2) is 5.13 Å². The van der Waals surface area contributed by atoms with E-state index in [0.29, 0.717) is 21.5 Å². The Hall–Kier alpha value is -1.70. The van der Waals surface area contributed by atoms with Crippen LogP contribution in [0.4, 0.5) is 9.52 Å². The van der Waals surface area contributed by atoms with Crippen molar-refractivity contribution in [3.8, 4) is 0 Å². The first-order valence-electron chi connectivity index (χ1n) is 10.7. The molecule has 0 aliphatic carbocycles. The van der Waals surface area contributed by atoms with Crippen LogP contribution in [0.2, 0.25) is 5.02 Å². The molecule has 1 aromatic heterocycles. The van der Waals surface area contributed by atoms with Gasteiger partial charge in [0.05, 0.1) is 6.20 Å². The zero-order valence-corrected chi connectivity index (χ0v) is 18.8. The molecule has 1 aromatic carbocycles. The molecule has 1 amide bonds. The number of nitrogens with one attached hydrogen (secondary N) is 1. The molecule has 1 atom stereocenters. The normalized spacial score (nSPS) is 21.0. The maximum absolute atomic E-state index is 13.8. The first-order chi connectivity index (χ1) is 14.5. The maximum Gasteiger partial charge on any atom is 0.263 e. The third-order valence-corrected chi connectivity index (χ3v) is 7.40. The number of thiazole rings is 1. The molecular formula is C22H28ClFN4OS. The van der Waals surface area contributed by atoms with Crippen molar-refractivity contribution in [1.82, 2.24) is 15.2 Å². The molecule has 0 radical (unpaired) electrons. The fourth-order valence-electron chi connectivity index (χ4n) is 4.44. The van der Waals surface area contributed by atoms with Gasteiger partial charge in [-0.25, -0.2) is 9.37 Å². The Morgan fingerprint density at radius 3 is 2.87 bits per heavy atom. The van der Waals surface area contributed by atoms with Crippen LogP contribution in [-0.4, -0.2) is 48.0 Å². The molecular weight excluding hydrogens is 423 g/mol. The van der Waals surface area contributed by atoms with E-state index in [2.05, 4.69) is 27.0 Å². The quantitative estimate of drug-likeness (QED) is 0.725. The summed E-state index contributed by atoms with van der Waals surface area (Å²) < 4.78 is 13.8. The van der Waals surface area contributed by atoms with E-state index in [0.717, 1.165) is 37.0 Å². The summed E-state index contributed by atoms with van der Waals surface area (Å²) in [4.78, 5) is 22.4. The molecule has 30 heavy (non-hydrogen) atoms. The van der Waals surface area contributed by atoms with Crippen LogP contribution in [0.3, 0.4) is 0 Å². The van der Waals surface area contributed by atoms with Gasteiger partial charge in [0.2, 0.25) is 0 Å². The minimum absolute atomic E-state index is 0.0953. The third kappa shape index (κ3) is 5.13. The Morgan fingerprint density at radius 1 is 1.30 bits per heavy atom. The van der Waals surface area contributed by atoms with Crippen molar-refractivity contribution in [2.24, 2.45) is 5.92 Å². The number of benzene rings is 1. The van der Waals surface area contributed by atoms with E-state index in [1.54, 1.807) is 6.20 Å². The summed E-state index contributed by atoms with van der Waals surface area (Å²) in [6, 6.07) is 5.00. The average Bonchev–Trinajstić information content (AvgIpc) is 3.25. The van der Waals surface area contributed by atoms with E-state index in [-0.39, 0.29) is 18.3 Å². The lowest BCUT2D eigenvalue weighted by Crippen LogP contribution is -2.48. The second-order valence-corrected chi connectivity index (χ2v) is 9.83. The number of likely N-dealkylation sites (tertiary alicyclic amines) is 1. The molecule has 2 aliphatic heterocycles. The summed E-state index contributed by atoms with van der Waals surface area (Å²) in [5, 5.41) is 4.10. The maximum atomic E-state index is 13.8. The Labute approximate surface area is 186 Å². The molecule has 2 aliphatic rings. The predicted molar refractivity (Wildman–Crippen MR) is 120 cm³/mol. The second kappa shape index (κ2) is 9.62. The number of hydrogen-bond donors (Lipinski definition) is 1. The Bertz CT molecular complexity index is 884. The summed E-state index contributed by atoms with van der Waals surface area (Å²) in [6.07, 6.45) is 6.56. The van der Waals surface area contributed by atoms with Gasteiger partial charge in [-0.15, -0.1) is 0 Å². The smallest absolute Gasteiger partial charge is 0.263 e. The number of anilines is 1. The van der Waals surface area contributed by atoms with E-state index >= 15 is 0 Å². The van der Waals surface area contributed by atoms with Gasteiger partial charge in [-0.3, -0.25) is 9.69 Å². The van der Waals surface area contributed by atoms with Gasteiger partial charge in [-0.1, -0.05) is 29.9 Å².